The topological polar surface area (TPSA) is 96.5 Å². The van der Waals surface area contributed by atoms with E-state index in [0.29, 0.717) is 16.1 Å². The van der Waals surface area contributed by atoms with E-state index in [4.69, 9.17) is 11.6 Å². The molecule has 11 heteroatoms. The summed E-state index contributed by atoms with van der Waals surface area (Å²) in [5.74, 6) is -1.30. The molecular weight excluding hydrogens is 457 g/mol. The van der Waals surface area contributed by atoms with Gasteiger partial charge in [0.15, 0.2) is 5.82 Å². The molecule has 7 nitrogen and oxygen atoms in total. The molecule has 0 radical (unpaired) electrons. The molecule has 0 aliphatic heterocycles. The molecule has 2 aromatic carbocycles. The van der Waals surface area contributed by atoms with E-state index in [1.807, 2.05) is 6.07 Å². The molecule has 0 saturated carbocycles. The standard InChI is InChI=1S/C22H12ClF3N6O/c23-19-4-2-1-3-16(19)13-5-6-17(14(9-13)11-27)21(33)31-15-10-18(22(24,25)26)20(28-12-15)32-29-7-8-30-32/h1-10,12H,(H,31,33). The second-order valence-corrected chi connectivity index (χ2v) is 7.12. The van der Waals surface area contributed by atoms with Gasteiger partial charge < -0.3 is 5.32 Å². The van der Waals surface area contributed by atoms with E-state index >= 15 is 0 Å². The van der Waals surface area contributed by atoms with Crippen molar-refractivity contribution >= 4 is 23.2 Å². The molecule has 0 bridgehead atoms. The van der Waals surface area contributed by atoms with Gasteiger partial charge >= 0.3 is 6.18 Å². The SMILES string of the molecule is N#Cc1cc(-c2ccccc2Cl)ccc1C(=O)Nc1cnc(-n2nccn2)c(C(F)(F)F)c1. The number of halogens is 4. The summed E-state index contributed by atoms with van der Waals surface area (Å²) in [5.41, 5.74) is -0.0328. The Morgan fingerprint density at radius 1 is 1.09 bits per heavy atom. The van der Waals surface area contributed by atoms with Crippen LogP contribution in [0.3, 0.4) is 0 Å². The first-order chi connectivity index (χ1) is 15.8. The molecule has 0 aliphatic carbocycles. The molecule has 0 saturated heterocycles. The number of carbonyl (C=O) groups is 1. The molecule has 33 heavy (non-hydrogen) atoms. The number of hydrogen-bond donors (Lipinski definition) is 1. The Bertz CT molecular complexity index is 1380. The Hall–Kier alpha value is -4.23. The van der Waals surface area contributed by atoms with Gasteiger partial charge in [-0.2, -0.15) is 28.6 Å². The number of aromatic nitrogens is 4. The van der Waals surface area contributed by atoms with Crippen LogP contribution in [0.4, 0.5) is 18.9 Å². The minimum Gasteiger partial charge on any atom is -0.321 e. The number of rotatable bonds is 4. The fourth-order valence-corrected chi connectivity index (χ4v) is 3.36. The Morgan fingerprint density at radius 2 is 1.82 bits per heavy atom. The Kier molecular flexibility index (Phi) is 5.81. The minimum atomic E-state index is -4.77. The van der Waals surface area contributed by atoms with E-state index in [2.05, 4.69) is 20.5 Å². The maximum Gasteiger partial charge on any atom is 0.420 e. The zero-order valence-electron chi connectivity index (χ0n) is 16.5. The summed E-state index contributed by atoms with van der Waals surface area (Å²) in [6, 6.07) is 14.2. The third-order valence-corrected chi connectivity index (χ3v) is 4.94. The normalized spacial score (nSPS) is 11.1. The molecule has 2 aromatic heterocycles. The fraction of sp³-hybridized carbons (Fsp3) is 0.0455. The molecule has 4 aromatic rings. The van der Waals surface area contributed by atoms with E-state index in [1.165, 1.54) is 24.5 Å². The van der Waals surface area contributed by atoms with Crippen LogP contribution < -0.4 is 5.32 Å². The number of amides is 1. The highest BCUT2D eigenvalue weighted by molar-refractivity contribution is 6.33. The van der Waals surface area contributed by atoms with E-state index in [9.17, 15) is 23.2 Å². The van der Waals surface area contributed by atoms with E-state index in [1.54, 1.807) is 30.3 Å². The van der Waals surface area contributed by atoms with Gasteiger partial charge in [-0.15, -0.1) is 4.80 Å². The van der Waals surface area contributed by atoms with Crippen molar-refractivity contribution in [2.24, 2.45) is 0 Å². The van der Waals surface area contributed by atoms with Gasteiger partial charge in [0, 0.05) is 10.6 Å². The lowest BCUT2D eigenvalue weighted by Gasteiger charge is -2.14. The van der Waals surface area contributed by atoms with Gasteiger partial charge in [-0.25, -0.2) is 4.98 Å². The van der Waals surface area contributed by atoms with Gasteiger partial charge in [-0.05, 0) is 29.8 Å². The highest BCUT2D eigenvalue weighted by atomic mass is 35.5. The van der Waals surface area contributed by atoms with Gasteiger partial charge in [-0.1, -0.05) is 35.9 Å². The summed E-state index contributed by atoms with van der Waals surface area (Å²) in [5, 5.41) is 19.7. The van der Waals surface area contributed by atoms with Crippen LogP contribution in [0, 0.1) is 11.3 Å². The first-order valence-electron chi connectivity index (χ1n) is 9.32. The largest absolute Gasteiger partial charge is 0.420 e. The smallest absolute Gasteiger partial charge is 0.321 e. The summed E-state index contributed by atoms with van der Waals surface area (Å²) < 4.78 is 40.7. The highest BCUT2D eigenvalue weighted by Crippen LogP contribution is 2.34. The van der Waals surface area contributed by atoms with Crippen molar-refractivity contribution in [2.75, 3.05) is 5.32 Å². The number of benzene rings is 2. The molecule has 1 N–H and O–H groups in total. The molecule has 0 fully saturated rings. The second-order valence-electron chi connectivity index (χ2n) is 6.72. The first kappa shape index (κ1) is 22.0. The third kappa shape index (κ3) is 4.53. The molecule has 1 amide bonds. The minimum absolute atomic E-state index is 0.0142. The van der Waals surface area contributed by atoms with Crippen LogP contribution in [0.5, 0.6) is 0 Å². The molecule has 0 aliphatic rings. The van der Waals surface area contributed by atoms with Crippen molar-refractivity contribution in [3.63, 3.8) is 0 Å². The van der Waals surface area contributed by atoms with Crippen LogP contribution in [-0.2, 0) is 6.18 Å². The Labute approximate surface area is 190 Å². The molecule has 164 valence electrons. The maximum atomic E-state index is 13.6. The van der Waals surface area contributed by atoms with Crippen LogP contribution in [0.2, 0.25) is 5.02 Å². The van der Waals surface area contributed by atoms with E-state index in [-0.39, 0.29) is 16.8 Å². The van der Waals surface area contributed by atoms with Crippen LogP contribution in [0.25, 0.3) is 16.9 Å². The summed E-state index contributed by atoms with van der Waals surface area (Å²) in [6.45, 7) is 0. The number of alkyl halides is 3. The zero-order chi connectivity index (χ0) is 23.6. The van der Waals surface area contributed by atoms with Crippen molar-refractivity contribution < 1.29 is 18.0 Å². The number of hydrogen-bond acceptors (Lipinski definition) is 5. The lowest BCUT2D eigenvalue weighted by atomic mass is 9.99. The van der Waals surface area contributed by atoms with Crippen molar-refractivity contribution in [3.05, 3.63) is 88.8 Å². The molecule has 0 spiro atoms. The van der Waals surface area contributed by atoms with Crippen LogP contribution >= 0.6 is 11.6 Å². The van der Waals surface area contributed by atoms with Gasteiger partial charge in [0.25, 0.3) is 5.91 Å². The van der Waals surface area contributed by atoms with Gasteiger partial charge in [-0.3, -0.25) is 4.79 Å². The quantitative estimate of drug-likeness (QED) is 0.448. The number of nitriles is 1. The van der Waals surface area contributed by atoms with Crippen LogP contribution in [0.1, 0.15) is 21.5 Å². The molecule has 4 rings (SSSR count). The van der Waals surface area contributed by atoms with E-state index < -0.39 is 23.5 Å². The van der Waals surface area contributed by atoms with Gasteiger partial charge in [0.1, 0.15) is 5.56 Å². The number of nitrogens with one attached hydrogen (secondary N) is 1. The lowest BCUT2D eigenvalue weighted by molar-refractivity contribution is -0.137. The molecule has 0 unspecified atom stereocenters. The third-order valence-electron chi connectivity index (χ3n) is 4.61. The maximum absolute atomic E-state index is 13.6. The van der Waals surface area contributed by atoms with Crippen LogP contribution in [0.15, 0.2) is 67.1 Å². The Balaban J connectivity index is 1.66. The second kappa shape index (κ2) is 8.72. The monoisotopic (exact) mass is 468 g/mol. The lowest BCUT2D eigenvalue weighted by Crippen LogP contribution is -2.18. The average molecular weight is 469 g/mol. The summed E-state index contributed by atoms with van der Waals surface area (Å²) >= 11 is 6.19. The molecular formula is C22H12ClF3N6O. The summed E-state index contributed by atoms with van der Waals surface area (Å²) in [7, 11) is 0. The number of anilines is 1. The predicted molar refractivity (Wildman–Crippen MR) is 114 cm³/mol. The van der Waals surface area contributed by atoms with Crippen molar-refractivity contribution in [1.29, 1.82) is 5.26 Å². The van der Waals surface area contributed by atoms with E-state index in [0.717, 1.165) is 17.1 Å². The van der Waals surface area contributed by atoms with Gasteiger partial charge in [0.2, 0.25) is 0 Å². The first-order valence-corrected chi connectivity index (χ1v) is 9.70. The van der Waals surface area contributed by atoms with Crippen LogP contribution in [-0.4, -0.2) is 25.9 Å². The number of carbonyl (C=O) groups excluding carboxylic acids is 1. The van der Waals surface area contributed by atoms with Gasteiger partial charge in [0.05, 0.1) is 41.5 Å². The Morgan fingerprint density at radius 3 is 2.48 bits per heavy atom. The fourth-order valence-electron chi connectivity index (χ4n) is 3.12. The highest BCUT2D eigenvalue weighted by Gasteiger charge is 2.36. The summed E-state index contributed by atoms with van der Waals surface area (Å²) in [6.07, 6.45) is -1.29. The molecule has 0 atom stereocenters. The zero-order valence-corrected chi connectivity index (χ0v) is 17.3. The predicted octanol–water partition coefficient (Wildman–Crippen LogP) is 5.13. The van der Waals surface area contributed by atoms with Crippen molar-refractivity contribution in [3.8, 4) is 23.0 Å². The summed E-state index contributed by atoms with van der Waals surface area (Å²) in [4.78, 5) is 17.3. The van der Waals surface area contributed by atoms with Crippen molar-refractivity contribution in [1.82, 2.24) is 20.0 Å². The number of nitrogens with zero attached hydrogens (tertiary/aromatic N) is 5. The number of pyridine rings is 1. The average Bonchev–Trinajstić information content (AvgIpc) is 3.33. The molecule has 2 heterocycles. The van der Waals surface area contributed by atoms with Crippen molar-refractivity contribution in [2.45, 2.75) is 6.18 Å².